The normalized spacial score (nSPS) is 15.0. The van der Waals surface area contributed by atoms with Gasteiger partial charge in [-0.1, -0.05) is 35.9 Å². The Morgan fingerprint density at radius 1 is 1.14 bits per heavy atom. The number of nitrogens with one attached hydrogen (secondary N) is 3. The lowest BCUT2D eigenvalue weighted by atomic mass is 9.99. The van der Waals surface area contributed by atoms with Crippen molar-refractivity contribution >= 4 is 57.1 Å². The van der Waals surface area contributed by atoms with Crippen molar-refractivity contribution in [1.82, 2.24) is 5.32 Å². The van der Waals surface area contributed by atoms with Gasteiger partial charge in [-0.3, -0.25) is 30.3 Å². The summed E-state index contributed by atoms with van der Waals surface area (Å²) in [5.41, 5.74) is 9.87. The van der Waals surface area contributed by atoms with Crippen LogP contribution in [0.15, 0.2) is 53.5 Å². The average Bonchev–Trinajstić information content (AvgIpc) is 3.07. The number of primary amides is 1. The Morgan fingerprint density at radius 2 is 1.78 bits per heavy atom. The fourth-order valence-electron chi connectivity index (χ4n) is 4.12. The average molecular weight is 535 g/mol. The summed E-state index contributed by atoms with van der Waals surface area (Å²) in [6.45, 7) is 5.90. The number of fused-ring (bicyclic) bond motifs is 1. The molecule has 1 unspecified atom stereocenters. The van der Waals surface area contributed by atoms with Crippen molar-refractivity contribution in [2.45, 2.75) is 39.8 Å². The Bertz CT molecular complexity index is 1430. The number of nitrogens with two attached hydrogens (primary N) is 1. The number of amides is 2. The molecule has 0 saturated heterocycles. The number of anilines is 1. The summed E-state index contributed by atoms with van der Waals surface area (Å²) in [5, 5.41) is 21.6. The molecule has 1 atom stereocenters. The van der Waals surface area contributed by atoms with E-state index in [0.29, 0.717) is 16.3 Å². The van der Waals surface area contributed by atoms with E-state index in [9.17, 15) is 9.59 Å². The van der Waals surface area contributed by atoms with Gasteiger partial charge in [-0.2, -0.15) is 0 Å². The molecule has 1 aromatic heterocycles. The van der Waals surface area contributed by atoms with Crippen molar-refractivity contribution in [3.05, 3.63) is 86.2 Å². The molecule has 2 amide bonds. The Hall–Kier alpha value is -3.82. The molecule has 0 spiro atoms. The highest BCUT2D eigenvalue weighted by Crippen LogP contribution is 2.40. The van der Waals surface area contributed by atoms with Gasteiger partial charge in [-0.05, 0) is 56.2 Å². The number of hydrogen-bond donors (Lipinski definition) is 4. The van der Waals surface area contributed by atoms with E-state index in [-0.39, 0.29) is 30.5 Å². The van der Waals surface area contributed by atoms with Crippen LogP contribution < -0.4 is 16.0 Å². The number of aryl methyl sites for hydroxylation is 1. The van der Waals surface area contributed by atoms with Crippen molar-refractivity contribution in [2.75, 3.05) is 4.90 Å². The first-order valence-corrected chi connectivity index (χ1v) is 12.8. The maximum absolute atomic E-state index is 13.0. The fraction of sp³-hybridized carbons (Fsp3) is 0.222. The van der Waals surface area contributed by atoms with Crippen LogP contribution in [0.4, 0.5) is 5.00 Å². The van der Waals surface area contributed by atoms with E-state index >= 15 is 0 Å². The topological polar surface area (TPSA) is 135 Å². The molecule has 4 rings (SSSR count). The van der Waals surface area contributed by atoms with E-state index in [1.807, 2.05) is 26.0 Å². The van der Waals surface area contributed by atoms with Crippen LogP contribution in [0, 0.1) is 24.7 Å². The third-order valence-corrected chi connectivity index (χ3v) is 7.65. The number of nitrogens with zero attached hydrogens (tertiary/aromatic N) is 2. The maximum Gasteiger partial charge on any atom is 0.248 e. The molecule has 2 aromatic carbocycles. The number of carbonyl (C=O) groups is 2. The van der Waals surface area contributed by atoms with Crippen molar-refractivity contribution in [1.29, 1.82) is 10.8 Å². The monoisotopic (exact) mass is 534 g/mol. The summed E-state index contributed by atoms with van der Waals surface area (Å²) in [4.78, 5) is 31.8. The maximum atomic E-state index is 13.0. The smallest absolute Gasteiger partial charge is 0.248 e. The minimum Gasteiger partial charge on any atom is -0.366 e. The number of amidine groups is 2. The van der Waals surface area contributed by atoms with E-state index in [4.69, 9.17) is 33.1 Å². The zero-order valence-electron chi connectivity index (χ0n) is 20.7. The van der Waals surface area contributed by atoms with Crippen molar-refractivity contribution in [2.24, 2.45) is 10.7 Å². The zero-order chi connectivity index (χ0) is 26.9. The molecule has 0 bridgehead atoms. The van der Waals surface area contributed by atoms with E-state index in [1.165, 1.54) is 11.3 Å². The minimum atomic E-state index is -0.803. The van der Waals surface area contributed by atoms with Crippen molar-refractivity contribution < 1.29 is 9.59 Å². The van der Waals surface area contributed by atoms with Gasteiger partial charge in [0.1, 0.15) is 22.7 Å². The van der Waals surface area contributed by atoms with E-state index in [0.717, 1.165) is 32.1 Å². The van der Waals surface area contributed by atoms with Gasteiger partial charge < -0.3 is 11.1 Å². The highest BCUT2D eigenvalue weighted by Gasteiger charge is 2.34. The molecule has 8 nitrogen and oxygen atoms in total. The predicted octanol–water partition coefficient (Wildman–Crippen LogP) is 4.82. The molecule has 1 aliphatic rings. The first kappa shape index (κ1) is 26.2. The molecule has 37 heavy (non-hydrogen) atoms. The SMILES string of the molecule is CC(=N)N1C(=N)C(CC(=O)NCc2ccc(C(N)=O)cc2)N=C(c2ccc(Cl)cc2)c2c1sc(C)c2C. The standard InChI is InChI=1S/C27H27ClN6O2S/c1-14-15(2)37-27-23(14)24(18-8-10-20(28)11-9-18)33-21(25(30)34(27)16(3)29)12-22(35)32-13-17-4-6-19(7-5-17)26(31)36/h4-11,21,29-30H,12-13H2,1-3H3,(H2,31,36)(H,32,35). The van der Waals surface area contributed by atoms with E-state index < -0.39 is 11.9 Å². The third kappa shape index (κ3) is 5.47. The molecule has 5 N–H and O–H groups in total. The second-order valence-electron chi connectivity index (χ2n) is 8.81. The van der Waals surface area contributed by atoms with Crippen LogP contribution in [-0.4, -0.2) is 35.2 Å². The van der Waals surface area contributed by atoms with Crippen LogP contribution in [0.1, 0.15) is 50.8 Å². The summed E-state index contributed by atoms with van der Waals surface area (Å²) >= 11 is 7.64. The molecule has 0 saturated carbocycles. The number of benzene rings is 2. The van der Waals surface area contributed by atoms with E-state index in [2.05, 4.69) is 5.32 Å². The largest absolute Gasteiger partial charge is 0.366 e. The first-order valence-electron chi connectivity index (χ1n) is 11.6. The van der Waals surface area contributed by atoms with Crippen LogP contribution in [0.3, 0.4) is 0 Å². The van der Waals surface area contributed by atoms with Gasteiger partial charge in [0.25, 0.3) is 0 Å². The zero-order valence-corrected chi connectivity index (χ0v) is 22.3. The third-order valence-electron chi connectivity index (χ3n) is 6.21. The Kier molecular flexibility index (Phi) is 7.56. The van der Waals surface area contributed by atoms with Gasteiger partial charge in [0.2, 0.25) is 11.8 Å². The Labute approximate surface area is 224 Å². The van der Waals surface area contributed by atoms with Crippen LogP contribution in [0.25, 0.3) is 0 Å². The molecule has 0 fully saturated rings. The number of halogens is 1. The van der Waals surface area contributed by atoms with Crippen LogP contribution in [0.2, 0.25) is 5.02 Å². The minimum absolute atomic E-state index is 0.0634. The Balaban J connectivity index is 1.66. The molecule has 10 heteroatoms. The number of thiophene rings is 1. The second kappa shape index (κ2) is 10.7. The lowest BCUT2D eigenvalue weighted by Gasteiger charge is -2.24. The molecule has 0 radical (unpaired) electrons. The summed E-state index contributed by atoms with van der Waals surface area (Å²) in [5.74, 6) is -0.546. The van der Waals surface area contributed by atoms with Gasteiger partial charge in [0.05, 0.1) is 12.1 Å². The fourth-order valence-corrected chi connectivity index (χ4v) is 5.47. The molecule has 2 heterocycles. The van der Waals surface area contributed by atoms with Gasteiger partial charge in [-0.15, -0.1) is 11.3 Å². The Morgan fingerprint density at radius 3 is 2.38 bits per heavy atom. The van der Waals surface area contributed by atoms with Crippen LogP contribution in [0.5, 0.6) is 0 Å². The molecule has 3 aromatic rings. The van der Waals surface area contributed by atoms with Crippen LogP contribution >= 0.6 is 22.9 Å². The summed E-state index contributed by atoms with van der Waals surface area (Å²) in [6, 6.07) is 13.2. The van der Waals surface area contributed by atoms with Gasteiger partial charge in [0, 0.05) is 33.1 Å². The lowest BCUT2D eigenvalue weighted by molar-refractivity contribution is -0.121. The predicted molar refractivity (Wildman–Crippen MR) is 150 cm³/mol. The number of rotatable bonds is 6. The lowest BCUT2D eigenvalue weighted by Crippen LogP contribution is -2.42. The summed E-state index contributed by atoms with van der Waals surface area (Å²) < 4.78 is 0. The highest BCUT2D eigenvalue weighted by molar-refractivity contribution is 7.17. The molecule has 1 aliphatic heterocycles. The summed E-state index contributed by atoms with van der Waals surface area (Å²) in [6.07, 6.45) is -0.0634. The molecular weight excluding hydrogens is 508 g/mol. The number of carbonyl (C=O) groups excluding carboxylic acids is 2. The molecule has 0 aliphatic carbocycles. The van der Waals surface area contributed by atoms with Crippen LogP contribution in [-0.2, 0) is 11.3 Å². The molecular formula is C27H27ClN6O2S. The van der Waals surface area contributed by atoms with Gasteiger partial charge in [0.15, 0.2) is 0 Å². The quantitative estimate of drug-likeness (QED) is 0.266. The van der Waals surface area contributed by atoms with Gasteiger partial charge in [-0.25, -0.2) is 0 Å². The second-order valence-corrected chi connectivity index (χ2v) is 10.5. The van der Waals surface area contributed by atoms with E-state index in [1.54, 1.807) is 48.2 Å². The van der Waals surface area contributed by atoms with Gasteiger partial charge >= 0.3 is 0 Å². The van der Waals surface area contributed by atoms with Crippen molar-refractivity contribution in [3.63, 3.8) is 0 Å². The highest BCUT2D eigenvalue weighted by atomic mass is 35.5. The molecule has 190 valence electrons. The van der Waals surface area contributed by atoms with Crippen molar-refractivity contribution in [3.8, 4) is 0 Å². The summed E-state index contributed by atoms with van der Waals surface area (Å²) in [7, 11) is 0. The number of hydrogen-bond acceptors (Lipinski definition) is 6. The first-order chi connectivity index (χ1) is 17.6. The number of aliphatic imine (C=N–C) groups is 1.